The molecule has 0 unspecified atom stereocenters. The van der Waals surface area contributed by atoms with E-state index in [-0.39, 0.29) is 0 Å². The number of hydrogen-bond acceptors (Lipinski definition) is 1. The highest BCUT2D eigenvalue weighted by molar-refractivity contribution is 7.80. The summed E-state index contributed by atoms with van der Waals surface area (Å²) in [6.45, 7) is 0. The van der Waals surface area contributed by atoms with Gasteiger partial charge in [-0.05, 0) is 30.3 Å². The topological polar surface area (TPSA) is 4.93 Å². The molecule has 0 aliphatic carbocycles. The minimum atomic E-state index is 0.976. The van der Waals surface area contributed by atoms with Crippen molar-refractivity contribution in [2.45, 2.75) is 4.90 Å². The van der Waals surface area contributed by atoms with E-state index < -0.39 is 0 Å². The third-order valence-electron chi connectivity index (χ3n) is 3.67. The van der Waals surface area contributed by atoms with Crippen LogP contribution in [0.25, 0.3) is 27.5 Å². The summed E-state index contributed by atoms with van der Waals surface area (Å²) in [6.07, 6.45) is 0. The van der Waals surface area contributed by atoms with Crippen LogP contribution in [0, 0.1) is 0 Å². The first-order valence-electron chi connectivity index (χ1n) is 6.62. The SMILES string of the molecule is Sc1cccc(-n2c3ccccc3c3ccccc32)c1. The van der Waals surface area contributed by atoms with Crippen molar-refractivity contribution in [1.82, 2.24) is 4.57 Å². The van der Waals surface area contributed by atoms with Gasteiger partial charge in [-0.2, -0.15) is 0 Å². The first kappa shape index (κ1) is 11.6. The smallest absolute Gasteiger partial charge is 0.0541 e. The lowest BCUT2D eigenvalue weighted by Crippen LogP contribution is -1.93. The molecule has 2 heteroatoms. The molecule has 0 aliphatic heterocycles. The second kappa shape index (κ2) is 4.43. The Morgan fingerprint density at radius 3 is 1.85 bits per heavy atom. The van der Waals surface area contributed by atoms with Crippen LogP contribution in [0.3, 0.4) is 0 Å². The summed E-state index contributed by atoms with van der Waals surface area (Å²) in [6, 6.07) is 25.3. The van der Waals surface area contributed by atoms with Crippen LogP contribution in [0.5, 0.6) is 0 Å². The molecule has 1 nitrogen and oxygen atoms in total. The molecule has 96 valence electrons. The average Bonchev–Trinajstić information content (AvgIpc) is 2.82. The van der Waals surface area contributed by atoms with Crippen molar-refractivity contribution >= 4 is 34.4 Å². The number of para-hydroxylation sites is 2. The Hall–Kier alpha value is -2.19. The molecule has 0 saturated heterocycles. The summed E-state index contributed by atoms with van der Waals surface area (Å²) in [5.74, 6) is 0. The highest BCUT2D eigenvalue weighted by Gasteiger charge is 2.10. The number of nitrogens with zero attached hydrogens (tertiary/aromatic N) is 1. The van der Waals surface area contributed by atoms with E-state index in [2.05, 4.69) is 77.9 Å². The number of aromatic nitrogens is 1. The van der Waals surface area contributed by atoms with Crippen molar-refractivity contribution in [3.8, 4) is 5.69 Å². The third-order valence-corrected chi connectivity index (χ3v) is 3.95. The Morgan fingerprint density at radius 1 is 0.650 bits per heavy atom. The van der Waals surface area contributed by atoms with Crippen LogP contribution < -0.4 is 0 Å². The molecule has 0 atom stereocenters. The molecule has 20 heavy (non-hydrogen) atoms. The third kappa shape index (κ3) is 1.65. The first-order valence-corrected chi connectivity index (χ1v) is 7.07. The maximum absolute atomic E-state index is 4.46. The van der Waals surface area contributed by atoms with E-state index in [0.717, 1.165) is 10.6 Å². The molecule has 0 amide bonds. The van der Waals surface area contributed by atoms with Gasteiger partial charge in [0.15, 0.2) is 0 Å². The van der Waals surface area contributed by atoms with Crippen molar-refractivity contribution < 1.29 is 0 Å². The number of benzene rings is 3. The standard InChI is InChI=1S/C18H13NS/c20-14-7-5-6-13(12-14)19-17-10-3-1-8-15(17)16-9-2-4-11-18(16)19/h1-12,20H. The van der Waals surface area contributed by atoms with Crippen LogP contribution in [0.4, 0.5) is 0 Å². The molecule has 0 aliphatic rings. The van der Waals surface area contributed by atoms with E-state index in [1.807, 2.05) is 12.1 Å². The highest BCUT2D eigenvalue weighted by atomic mass is 32.1. The predicted octanol–water partition coefficient (Wildman–Crippen LogP) is 5.07. The molecule has 0 bridgehead atoms. The molecule has 1 aromatic heterocycles. The van der Waals surface area contributed by atoms with E-state index in [9.17, 15) is 0 Å². The second-order valence-electron chi connectivity index (χ2n) is 4.89. The predicted molar refractivity (Wildman–Crippen MR) is 88.0 cm³/mol. The van der Waals surface area contributed by atoms with Crippen molar-refractivity contribution in [3.05, 3.63) is 72.8 Å². The molecular weight excluding hydrogens is 262 g/mol. The maximum atomic E-state index is 4.46. The summed E-state index contributed by atoms with van der Waals surface area (Å²) in [5, 5.41) is 2.57. The lowest BCUT2D eigenvalue weighted by molar-refractivity contribution is 1.16. The number of fused-ring (bicyclic) bond motifs is 3. The zero-order valence-electron chi connectivity index (χ0n) is 10.8. The Labute approximate surface area is 122 Å². The highest BCUT2D eigenvalue weighted by Crippen LogP contribution is 2.31. The Morgan fingerprint density at radius 2 is 1.25 bits per heavy atom. The van der Waals surface area contributed by atoms with Crippen LogP contribution in [-0.4, -0.2) is 4.57 Å². The van der Waals surface area contributed by atoms with Crippen molar-refractivity contribution in [3.63, 3.8) is 0 Å². The van der Waals surface area contributed by atoms with Crippen molar-refractivity contribution in [1.29, 1.82) is 0 Å². The fourth-order valence-electron chi connectivity index (χ4n) is 2.83. The Bertz CT molecular complexity index is 868. The molecule has 0 N–H and O–H groups in total. The van der Waals surface area contributed by atoms with Crippen LogP contribution >= 0.6 is 12.6 Å². The minimum Gasteiger partial charge on any atom is -0.309 e. The summed E-state index contributed by atoms with van der Waals surface area (Å²) < 4.78 is 2.30. The Balaban J connectivity index is 2.21. The van der Waals surface area contributed by atoms with Crippen molar-refractivity contribution in [2.75, 3.05) is 0 Å². The van der Waals surface area contributed by atoms with E-state index in [4.69, 9.17) is 0 Å². The maximum Gasteiger partial charge on any atom is 0.0541 e. The van der Waals surface area contributed by atoms with E-state index in [1.165, 1.54) is 21.8 Å². The minimum absolute atomic E-state index is 0.976. The van der Waals surface area contributed by atoms with E-state index >= 15 is 0 Å². The van der Waals surface area contributed by atoms with Gasteiger partial charge in [0.25, 0.3) is 0 Å². The summed E-state index contributed by atoms with van der Waals surface area (Å²) in [5.41, 5.74) is 3.61. The number of rotatable bonds is 1. The van der Waals surface area contributed by atoms with Crippen LogP contribution in [0.2, 0.25) is 0 Å². The molecule has 1 heterocycles. The number of hydrogen-bond donors (Lipinski definition) is 1. The van der Waals surface area contributed by atoms with Crippen LogP contribution in [0.15, 0.2) is 77.7 Å². The van der Waals surface area contributed by atoms with Crippen LogP contribution in [-0.2, 0) is 0 Å². The van der Waals surface area contributed by atoms with Crippen LogP contribution in [0.1, 0.15) is 0 Å². The van der Waals surface area contributed by atoms with Gasteiger partial charge in [-0.25, -0.2) is 0 Å². The quantitative estimate of drug-likeness (QED) is 0.463. The van der Waals surface area contributed by atoms with Gasteiger partial charge in [0.2, 0.25) is 0 Å². The zero-order chi connectivity index (χ0) is 13.5. The Kier molecular flexibility index (Phi) is 2.57. The summed E-state index contributed by atoms with van der Waals surface area (Å²) >= 11 is 4.46. The molecule has 4 rings (SSSR count). The average molecular weight is 275 g/mol. The zero-order valence-corrected chi connectivity index (χ0v) is 11.7. The van der Waals surface area contributed by atoms with Crippen molar-refractivity contribution in [2.24, 2.45) is 0 Å². The molecule has 0 saturated carbocycles. The van der Waals surface area contributed by atoms with Gasteiger partial charge in [0, 0.05) is 21.4 Å². The van der Waals surface area contributed by atoms with Gasteiger partial charge < -0.3 is 4.57 Å². The van der Waals surface area contributed by atoms with Gasteiger partial charge in [-0.1, -0.05) is 42.5 Å². The second-order valence-corrected chi connectivity index (χ2v) is 5.41. The lowest BCUT2D eigenvalue weighted by Gasteiger charge is -2.08. The largest absolute Gasteiger partial charge is 0.309 e. The molecule has 4 aromatic rings. The molecular formula is C18H13NS. The molecule has 0 spiro atoms. The van der Waals surface area contributed by atoms with Gasteiger partial charge in [0.1, 0.15) is 0 Å². The fourth-order valence-corrected chi connectivity index (χ4v) is 3.05. The monoisotopic (exact) mass is 275 g/mol. The summed E-state index contributed by atoms with van der Waals surface area (Å²) in [4.78, 5) is 0.976. The van der Waals surface area contributed by atoms with Gasteiger partial charge in [-0.15, -0.1) is 12.6 Å². The lowest BCUT2D eigenvalue weighted by atomic mass is 10.2. The number of thiol groups is 1. The normalized spacial score (nSPS) is 11.2. The molecule has 0 radical (unpaired) electrons. The molecule has 3 aromatic carbocycles. The van der Waals surface area contributed by atoms with Gasteiger partial charge >= 0.3 is 0 Å². The van der Waals surface area contributed by atoms with E-state index in [1.54, 1.807) is 0 Å². The first-order chi connectivity index (χ1) is 9.84. The summed E-state index contributed by atoms with van der Waals surface area (Å²) in [7, 11) is 0. The molecule has 0 fully saturated rings. The fraction of sp³-hybridized carbons (Fsp3) is 0. The van der Waals surface area contributed by atoms with Gasteiger partial charge in [0.05, 0.1) is 11.0 Å². The van der Waals surface area contributed by atoms with E-state index in [0.29, 0.717) is 0 Å². The van der Waals surface area contributed by atoms with Gasteiger partial charge in [-0.3, -0.25) is 0 Å².